The van der Waals surface area contributed by atoms with E-state index in [1.54, 1.807) is 17.0 Å². The Bertz CT molecular complexity index is 497. The van der Waals surface area contributed by atoms with Gasteiger partial charge in [0.15, 0.2) is 5.16 Å². The van der Waals surface area contributed by atoms with Gasteiger partial charge in [0, 0.05) is 18.5 Å². The molecule has 0 atom stereocenters. The molecule has 6 heteroatoms. The Hall–Kier alpha value is -1.56. The highest BCUT2D eigenvalue weighted by molar-refractivity contribution is 7.98. The molecule has 4 nitrogen and oxygen atoms in total. The quantitative estimate of drug-likeness (QED) is 0.654. The van der Waals surface area contributed by atoms with Crippen LogP contribution in [0.3, 0.4) is 0 Å². The summed E-state index contributed by atoms with van der Waals surface area (Å²) < 4.78 is 14.8. The van der Waals surface area contributed by atoms with Crippen LogP contribution in [0.5, 0.6) is 0 Å². The van der Waals surface area contributed by atoms with Crippen LogP contribution in [0, 0.1) is 5.82 Å². The Morgan fingerprint density at radius 3 is 3.00 bits per heavy atom. The van der Waals surface area contributed by atoms with Crippen LogP contribution in [0.2, 0.25) is 0 Å². The largest absolute Gasteiger partial charge is 0.398 e. The summed E-state index contributed by atoms with van der Waals surface area (Å²) in [5.74, 6) is 0.304. The smallest absolute Gasteiger partial charge is 0.191 e. The molecule has 1 aromatic heterocycles. The van der Waals surface area contributed by atoms with Gasteiger partial charge < -0.3 is 10.3 Å². The van der Waals surface area contributed by atoms with Gasteiger partial charge in [-0.15, -0.1) is 10.2 Å². The monoisotopic (exact) mass is 238 g/mol. The fourth-order valence-corrected chi connectivity index (χ4v) is 2.14. The third-order valence-corrected chi connectivity index (χ3v) is 3.21. The SMILES string of the molecule is Cn1cnnc1SCc1cc(F)ccc1N. The highest BCUT2D eigenvalue weighted by Crippen LogP contribution is 2.23. The minimum Gasteiger partial charge on any atom is -0.398 e. The first kappa shape index (κ1) is 10.9. The van der Waals surface area contributed by atoms with Crippen LogP contribution in [0.15, 0.2) is 29.7 Å². The van der Waals surface area contributed by atoms with E-state index >= 15 is 0 Å². The van der Waals surface area contributed by atoms with Gasteiger partial charge in [-0.25, -0.2) is 4.39 Å². The number of nitrogens with two attached hydrogens (primary N) is 1. The fraction of sp³-hybridized carbons (Fsp3) is 0.200. The second kappa shape index (κ2) is 4.52. The van der Waals surface area contributed by atoms with Crippen LogP contribution in [0.4, 0.5) is 10.1 Å². The summed E-state index contributed by atoms with van der Waals surface area (Å²) in [6, 6.07) is 4.37. The van der Waals surface area contributed by atoms with E-state index in [0.717, 1.165) is 10.7 Å². The second-order valence-electron chi connectivity index (χ2n) is 3.36. The summed E-state index contributed by atoms with van der Waals surface area (Å²) in [6.07, 6.45) is 1.62. The number of nitrogens with zero attached hydrogens (tertiary/aromatic N) is 3. The normalized spacial score (nSPS) is 10.6. The van der Waals surface area contributed by atoms with Crippen LogP contribution in [0.25, 0.3) is 0 Å². The van der Waals surface area contributed by atoms with Gasteiger partial charge in [-0.1, -0.05) is 11.8 Å². The summed E-state index contributed by atoms with van der Waals surface area (Å²) in [6.45, 7) is 0. The van der Waals surface area contributed by atoms with Crippen LogP contribution in [-0.4, -0.2) is 14.8 Å². The first-order valence-electron chi connectivity index (χ1n) is 4.67. The first-order valence-corrected chi connectivity index (χ1v) is 5.66. The third-order valence-electron chi connectivity index (χ3n) is 2.13. The number of nitrogen functional groups attached to an aromatic ring is 1. The maximum absolute atomic E-state index is 13.0. The number of thioether (sulfide) groups is 1. The van der Waals surface area contributed by atoms with Gasteiger partial charge in [0.2, 0.25) is 0 Å². The molecule has 0 radical (unpaired) electrons. The van der Waals surface area contributed by atoms with Gasteiger partial charge in [0.25, 0.3) is 0 Å². The molecule has 0 bridgehead atoms. The summed E-state index contributed by atoms with van der Waals surface area (Å²) >= 11 is 1.47. The van der Waals surface area contributed by atoms with Gasteiger partial charge >= 0.3 is 0 Å². The standard InChI is InChI=1S/C10H11FN4S/c1-15-6-13-14-10(15)16-5-7-4-8(11)2-3-9(7)12/h2-4,6H,5,12H2,1H3. The number of halogens is 1. The van der Waals surface area contributed by atoms with E-state index in [0.29, 0.717) is 11.4 Å². The molecule has 0 aliphatic carbocycles. The molecule has 84 valence electrons. The van der Waals surface area contributed by atoms with Crippen molar-refractivity contribution in [3.8, 4) is 0 Å². The third kappa shape index (κ3) is 2.33. The molecule has 0 aliphatic heterocycles. The van der Waals surface area contributed by atoms with E-state index in [1.165, 1.54) is 23.9 Å². The van der Waals surface area contributed by atoms with Crippen molar-refractivity contribution in [2.24, 2.45) is 7.05 Å². The highest BCUT2D eigenvalue weighted by atomic mass is 32.2. The number of aromatic nitrogens is 3. The molecule has 2 N–H and O–H groups in total. The van der Waals surface area contributed by atoms with Crippen molar-refractivity contribution in [2.45, 2.75) is 10.9 Å². The lowest BCUT2D eigenvalue weighted by Crippen LogP contribution is -1.95. The minimum absolute atomic E-state index is 0.275. The number of anilines is 1. The lowest BCUT2D eigenvalue weighted by molar-refractivity contribution is 0.627. The lowest BCUT2D eigenvalue weighted by atomic mass is 10.2. The van der Waals surface area contributed by atoms with E-state index in [9.17, 15) is 4.39 Å². The van der Waals surface area contributed by atoms with Crippen molar-refractivity contribution < 1.29 is 4.39 Å². The molecule has 0 saturated carbocycles. The highest BCUT2D eigenvalue weighted by Gasteiger charge is 2.05. The number of rotatable bonds is 3. The lowest BCUT2D eigenvalue weighted by Gasteiger charge is -2.04. The Morgan fingerprint density at radius 2 is 2.31 bits per heavy atom. The Kier molecular flexibility index (Phi) is 3.09. The molecule has 2 aromatic rings. The number of benzene rings is 1. The topological polar surface area (TPSA) is 56.7 Å². The summed E-state index contributed by atoms with van der Waals surface area (Å²) in [4.78, 5) is 0. The first-order chi connectivity index (χ1) is 7.66. The van der Waals surface area contributed by atoms with Crippen LogP contribution < -0.4 is 5.73 Å². The zero-order valence-corrected chi connectivity index (χ0v) is 9.54. The van der Waals surface area contributed by atoms with E-state index < -0.39 is 0 Å². The maximum Gasteiger partial charge on any atom is 0.191 e. The van der Waals surface area contributed by atoms with Gasteiger partial charge in [-0.2, -0.15) is 0 Å². The molecule has 0 saturated heterocycles. The molecule has 0 fully saturated rings. The summed E-state index contributed by atoms with van der Waals surface area (Å²) in [7, 11) is 1.86. The van der Waals surface area contributed by atoms with E-state index in [-0.39, 0.29) is 5.82 Å². The van der Waals surface area contributed by atoms with E-state index in [2.05, 4.69) is 10.2 Å². The van der Waals surface area contributed by atoms with Crippen LogP contribution in [-0.2, 0) is 12.8 Å². The predicted molar refractivity (Wildman–Crippen MR) is 61.4 cm³/mol. The molecular weight excluding hydrogens is 227 g/mol. The molecule has 1 heterocycles. The second-order valence-corrected chi connectivity index (χ2v) is 4.30. The Labute approximate surface area is 96.7 Å². The molecule has 1 aromatic carbocycles. The zero-order chi connectivity index (χ0) is 11.5. The van der Waals surface area contributed by atoms with Crippen molar-refractivity contribution in [1.82, 2.24) is 14.8 Å². The van der Waals surface area contributed by atoms with Crippen molar-refractivity contribution in [2.75, 3.05) is 5.73 Å². The summed E-state index contributed by atoms with van der Waals surface area (Å²) in [5, 5.41) is 8.47. The fourth-order valence-electron chi connectivity index (χ4n) is 1.24. The van der Waals surface area contributed by atoms with Gasteiger partial charge in [0.05, 0.1) is 0 Å². The summed E-state index contributed by atoms with van der Waals surface area (Å²) in [5.41, 5.74) is 7.11. The predicted octanol–water partition coefficient (Wildman–Crippen LogP) is 1.83. The number of hydrogen-bond donors (Lipinski definition) is 1. The van der Waals surface area contributed by atoms with E-state index in [1.807, 2.05) is 7.05 Å². The number of hydrogen-bond acceptors (Lipinski definition) is 4. The minimum atomic E-state index is -0.275. The molecule has 2 rings (SSSR count). The van der Waals surface area contributed by atoms with Crippen molar-refractivity contribution >= 4 is 17.4 Å². The molecule has 0 amide bonds. The zero-order valence-electron chi connectivity index (χ0n) is 8.72. The van der Waals surface area contributed by atoms with Crippen LogP contribution in [0.1, 0.15) is 5.56 Å². The molecule has 16 heavy (non-hydrogen) atoms. The average molecular weight is 238 g/mol. The molecule has 0 unspecified atom stereocenters. The molecule has 0 spiro atoms. The average Bonchev–Trinajstić information content (AvgIpc) is 2.66. The molecular formula is C10H11FN4S. The maximum atomic E-state index is 13.0. The molecule has 0 aliphatic rings. The van der Waals surface area contributed by atoms with Crippen molar-refractivity contribution in [3.63, 3.8) is 0 Å². The van der Waals surface area contributed by atoms with Crippen molar-refractivity contribution in [3.05, 3.63) is 35.9 Å². The number of aryl methyl sites for hydroxylation is 1. The van der Waals surface area contributed by atoms with Gasteiger partial charge in [-0.3, -0.25) is 0 Å². The van der Waals surface area contributed by atoms with E-state index in [4.69, 9.17) is 5.73 Å². The Balaban J connectivity index is 2.10. The van der Waals surface area contributed by atoms with Gasteiger partial charge in [0.1, 0.15) is 12.1 Å². The van der Waals surface area contributed by atoms with Gasteiger partial charge in [-0.05, 0) is 23.8 Å². The van der Waals surface area contributed by atoms with Crippen molar-refractivity contribution in [1.29, 1.82) is 0 Å². The Morgan fingerprint density at radius 1 is 1.50 bits per heavy atom. The van der Waals surface area contributed by atoms with Crippen LogP contribution >= 0.6 is 11.8 Å².